The summed E-state index contributed by atoms with van der Waals surface area (Å²) >= 11 is 0. The normalized spacial score (nSPS) is 14.8. The van der Waals surface area contributed by atoms with E-state index >= 15 is 0 Å². The Bertz CT molecular complexity index is 805. The van der Waals surface area contributed by atoms with Crippen molar-refractivity contribution in [1.29, 1.82) is 0 Å². The van der Waals surface area contributed by atoms with Crippen LogP contribution in [0.5, 0.6) is 0 Å². The molecule has 0 spiro atoms. The Kier molecular flexibility index (Phi) is 5.12. The van der Waals surface area contributed by atoms with Gasteiger partial charge in [-0.2, -0.15) is 0 Å². The van der Waals surface area contributed by atoms with Crippen molar-refractivity contribution < 1.29 is 9.59 Å². The van der Waals surface area contributed by atoms with Crippen molar-refractivity contribution in [3.63, 3.8) is 0 Å². The number of anilines is 1. The average molecular weight is 350 g/mol. The second-order valence-corrected chi connectivity index (χ2v) is 7.53. The zero-order valence-electron chi connectivity index (χ0n) is 15.6. The van der Waals surface area contributed by atoms with Crippen LogP contribution in [0.3, 0.4) is 0 Å². The molecule has 2 aromatic carbocycles. The fourth-order valence-electron chi connectivity index (χ4n) is 3.14. The number of hydrogen-bond acceptors (Lipinski definition) is 2. The molecule has 2 amide bonds. The first-order chi connectivity index (χ1) is 12.4. The van der Waals surface area contributed by atoms with Crippen molar-refractivity contribution in [3.8, 4) is 0 Å². The van der Waals surface area contributed by atoms with Gasteiger partial charge in [-0.25, -0.2) is 0 Å². The molecule has 136 valence electrons. The maximum atomic E-state index is 12.5. The SMILES string of the molecule is Cc1ccccc1C(=O)Nc1ccc(C2(C(=O)NCC(C)C)CC2)cc1. The lowest BCUT2D eigenvalue weighted by molar-refractivity contribution is -0.123. The Morgan fingerprint density at radius 1 is 1.04 bits per heavy atom. The highest BCUT2D eigenvalue weighted by atomic mass is 16.2. The van der Waals surface area contributed by atoms with Gasteiger partial charge in [0.15, 0.2) is 0 Å². The standard InChI is InChI=1S/C22H26N2O2/c1-15(2)14-23-21(26)22(12-13-22)17-8-10-18(11-9-17)24-20(25)19-7-5-4-6-16(19)3/h4-11,15H,12-14H2,1-3H3,(H,23,26)(H,24,25). The van der Waals surface area contributed by atoms with E-state index in [4.69, 9.17) is 0 Å². The van der Waals surface area contributed by atoms with E-state index in [2.05, 4.69) is 24.5 Å². The monoisotopic (exact) mass is 350 g/mol. The molecule has 1 saturated carbocycles. The first-order valence-electron chi connectivity index (χ1n) is 9.18. The zero-order chi connectivity index (χ0) is 18.7. The van der Waals surface area contributed by atoms with E-state index in [0.717, 1.165) is 29.7 Å². The van der Waals surface area contributed by atoms with Crippen LogP contribution in [-0.4, -0.2) is 18.4 Å². The van der Waals surface area contributed by atoms with Gasteiger partial charge < -0.3 is 10.6 Å². The Balaban J connectivity index is 1.68. The van der Waals surface area contributed by atoms with Crippen LogP contribution < -0.4 is 10.6 Å². The van der Waals surface area contributed by atoms with Crippen molar-refractivity contribution in [3.05, 3.63) is 65.2 Å². The lowest BCUT2D eigenvalue weighted by atomic mass is 9.94. The van der Waals surface area contributed by atoms with Crippen molar-refractivity contribution in [2.75, 3.05) is 11.9 Å². The Morgan fingerprint density at radius 2 is 1.69 bits per heavy atom. The van der Waals surface area contributed by atoms with Gasteiger partial charge in [-0.15, -0.1) is 0 Å². The number of benzene rings is 2. The number of rotatable bonds is 6. The molecule has 2 aromatic rings. The molecule has 4 heteroatoms. The highest BCUT2D eigenvalue weighted by Gasteiger charge is 2.51. The molecule has 0 aromatic heterocycles. The third-order valence-electron chi connectivity index (χ3n) is 4.94. The summed E-state index contributed by atoms with van der Waals surface area (Å²) in [5.41, 5.74) is 2.99. The molecule has 0 atom stereocenters. The van der Waals surface area contributed by atoms with E-state index in [1.54, 1.807) is 0 Å². The van der Waals surface area contributed by atoms with Gasteiger partial charge in [0, 0.05) is 17.8 Å². The third kappa shape index (κ3) is 3.79. The Hall–Kier alpha value is -2.62. The maximum absolute atomic E-state index is 12.5. The van der Waals surface area contributed by atoms with Crippen LogP contribution in [0.15, 0.2) is 48.5 Å². The van der Waals surface area contributed by atoms with Crippen molar-refractivity contribution >= 4 is 17.5 Å². The molecular weight excluding hydrogens is 324 g/mol. The zero-order valence-corrected chi connectivity index (χ0v) is 15.6. The molecule has 0 bridgehead atoms. The third-order valence-corrected chi connectivity index (χ3v) is 4.94. The van der Waals surface area contributed by atoms with Gasteiger partial charge in [0.05, 0.1) is 5.41 Å². The summed E-state index contributed by atoms with van der Waals surface area (Å²) in [5, 5.41) is 5.98. The predicted molar refractivity (Wildman–Crippen MR) is 104 cm³/mol. The van der Waals surface area contributed by atoms with Crippen LogP contribution in [0.4, 0.5) is 5.69 Å². The van der Waals surface area contributed by atoms with E-state index in [-0.39, 0.29) is 17.2 Å². The molecule has 1 aliphatic carbocycles. The Morgan fingerprint density at radius 3 is 2.27 bits per heavy atom. The maximum Gasteiger partial charge on any atom is 0.255 e. The average Bonchev–Trinajstić information content (AvgIpc) is 3.42. The predicted octanol–water partition coefficient (Wildman–Crippen LogP) is 4.05. The summed E-state index contributed by atoms with van der Waals surface area (Å²) in [4.78, 5) is 24.9. The van der Waals surface area contributed by atoms with Crippen LogP contribution in [0.1, 0.15) is 48.2 Å². The van der Waals surface area contributed by atoms with Gasteiger partial charge in [0.25, 0.3) is 5.91 Å². The molecule has 0 unspecified atom stereocenters. The molecule has 0 saturated heterocycles. The minimum Gasteiger partial charge on any atom is -0.355 e. The van der Waals surface area contributed by atoms with E-state index < -0.39 is 0 Å². The van der Waals surface area contributed by atoms with E-state index in [0.29, 0.717) is 18.0 Å². The van der Waals surface area contributed by atoms with Crippen LogP contribution in [0.2, 0.25) is 0 Å². The molecule has 1 aliphatic rings. The minimum absolute atomic E-state index is 0.114. The first-order valence-corrected chi connectivity index (χ1v) is 9.18. The first kappa shape index (κ1) is 18.2. The summed E-state index contributed by atoms with van der Waals surface area (Å²) < 4.78 is 0. The lowest BCUT2D eigenvalue weighted by Gasteiger charge is -2.17. The van der Waals surface area contributed by atoms with Gasteiger partial charge in [0.1, 0.15) is 0 Å². The van der Waals surface area contributed by atoms with E-state index in [1.165, 1.54) is 0 Å². The summed E-state index contributed by atoms with van der Waals surface area (Å²) in [6, 6.07) is 15.2. The van der Waals surface area contributed by atoms with Gasteiger partial charge in [-0.05, 0) is 55.0 Å². The summed E-state index contributed by atoms with van der Waals surface area (Å²) in [6.07, 6.45) is 1.76. The fraction of sp³-hybridized carbons (Fsp3) is 0.364. The van der Waals surface area contributed by atoms with Crippen molar-refractivity contribution in [1.82, 2.24) is 5.32 Å². The van der Waals surface area contributed by atoms with Gasteiger partial charge in [-0.3, -0.25) is 9.59 Å². The summed E-state index contributed by atoms with van der Waals surface area (Å²) in [7, 11) is 0. The molecule has 1 fully saturated rings. The molecule has 0 heterocycles. The second kappa shape index (κ2) is 7.32. The van der Waals surface area contributed by atoms with Crippen molar-refractivity contribution in [2.45, 2.75) is 39.0 Å². The quantitative estimate of drug-likeness (QED) is 0.826. The van der Waals surface area contributed by atoms with Gasteiger partial charge in [0.2, 0.25) is 5.91 Å². The second-order valence-electron chi connectivity index (χ2n) is 7.53. The summed E-state index contributed by atoms with van der Waals surface area (Å²) in [5.74, 6) is 0.434. The van der Waals surface area contributed by atoms with Gasteiger partial charge >= 0.3 is 0 Å². The lowest BCUT2D eigenvalue weighted by Crippen LogP contribution is -2.36. The molecule has 0 radical (unpaired) electrons. The van der Waals surface area contributed by atoms with Crippen LogP contribution in [0, 0.1) is 12.8 Å². The van der Waals surface area contributed by atoms with Crippen LogP contribution in [0.25, 0.3) is 0 Å². The van der Waals surface area contributed by atoms with Gasteiger partial charge in [-0.1, -0.05) is 44.2 Å². The molecule has 2 N–H and O–H groups in total. The van der Waals surface area contributed by atoms with E-state index in [1.807, 2.05) is 55.5 Å². The fourth-order valence-corrected chi connectivity index (χ4v) is 3.14. The largest absolute Gasteiger partial charge is 0.355 e. The minimum atomic E-state index is -0.382. The Labute approximate surface area is 155 Å². The topological polar surface area (TPSA) is 58.2 Å². The summed E-state index contributed by atoms with van der Waals surface area (Å²) in [6.45, 7) is 6.80. The molecule has 26 heavy (non-hydrogen) atoms. The number of nitrogens with one attached hydrogen (secondary N) is 2. The highest BCUT2D eigenvalue weighted by Crippen LogP contribution is 2.48. The van der Waals surface area contributed by atoms with Crippen LogP contribution in [-0.2, 0) is 10.2 Å². The molecule has 4 nitrogen and oxygen atoms in total. The smallest absolute Gasteiger partial charge is 0.255 e. The number of hydrogen-bond donors (Lipinski definition) is 2. The van der Waals surface area contributed by atoms with Crippen LogP contribution >= 0.6 is 0 Å². The number of carbonyl (C=O) groups excluding carboxylic acids is 2. The molecule has 0 aliphatic heterocycles. The number of amides is 2. The number of carbonyl (C=O) groups is 2. The molecule has 3 rings (SSSR count). The number of aryl methyl sites for hydroxylation is 1. The highest BCUT2D eigenvalue weighted by molar-refractivity contribution is 6.05. The van der Waals surface area contributed by atoms with E-state index in [9.17, 15) is 9.59 Å². The molecular formula is C22H26N2O2. The van der Waals surface area contributed by atoms with Crippen molar-refractivity contribution in [2.24, 2.45) is 5.92 Å².